The quantitative estimate of drug-likeness (QED) is 0.0199. The molecule has 63 heavy (non-hydrogen) atoms. The van der Waals surface area contributed by atoms with E-state index in [1.54, 1.807) is 12.2 Å². The number of carbonyl (C=O) groups excluding carboxylic acids is 3. The first-order chi connectivity index (χ1) is 30.2. The van der Waals surface area contributed by atoms with E-state index in [2.05, 4.69) is 62.5 Å². The van der Waals surface area contributed by atoms with Crippen molar-refractivity contribution in [2.24, 2.45) is 11.8 Å². The van der Waals surface area contributed by atoms with Crippen LogP contribution in [0.25, 0.3) is 0 Å². The van der Waals surface area contributed by atoms with Crippen LogP contribution in [-0.2, 0) is 37.5 Å². The molecule has 0 spiro atoms. The van der Waals surface area contributed by atoms with Crippen LogP contribution in [0.4, 0.5) is 0 Å². The summed E-state index contributed by atoms with van der Waals surface area (Å²) < 4.78 is 33.8. The van der Waals surface area contributed by atoms with E-state index in [1.807, 2.05) is 33.3 Å². The van der Waals surface area contributed by atoms with E-state index < -0.39 is 50.6 Å². The lowest BCUT2D eigenvalue weighted by Crippen LogP contribution is -2.37. The highest BCUT2D eigenvalue weighted by molar-refractivity contribution is 7.45. The number of phosphoric ester groups is 1. The van der Waals surface area contributed by atoms with Crippen LogP contribution in [0.5, 0.6) is 0 Å². The first-order valence-electron chi connectivity index (χ1n) is 23.7. The van der Waals surface area contributed by atoms with E-state index in [0.29, 0.717) is 43.1 Å². The normalized spacial score (nSPS) is 19.4. The monoisotopic (exact) mass is 906 g/mol. The number of likely N-dealkylation sites (N-methyl/N-ethyl adjacent to an activating group) is 1. The minimum atomic E-state index is -4.72. The predicted octanol–water partition coefficient (Wildman–Crippen LogP) is 9.76. The number of allylic oxidation sites excluding steroid dienone is 11. The van der Waals surface area contributed by atoms with Gasteiger partial charge in [-0.2, -0.15) is 0 Å². The van der Waals surface area contributed by atoms with Gasteiger partial charge in [-0.05, 0) is 77.0 Å². The number of aliphatic hydroxyl groups excluding tert-OH is 2. The fourth-order valence-electron chi connectivity index (χ4n) is 6.74. The van der Waals surface area contributed by atoms with Crippen molar-refractivity contribution in [2.45, 2.75) is 167 Å². The third-order valence-corrected chi connectivity index (χ3v) is 11.5. The lowest BCUT2D eigenvalue weighted by molar-refractivity contribution is -0.870. The molecule has 0 amide bonds. The van der Waals surface area contributed by atoms with E-state index in [4.69, 9.17) is 18.5 Å². The number of hydrogen-bond donors (Lipinski definition) is 2. The molecule has 0 heterocycles. The van der Waals surface area contributed by atoms with Gasteiger partial charge in [0.2, 0.25) is 0 Å². The molecule has 1 aliphatic rings. The van der Waals surface area contributed by atoms with E-state index in [-0.39, 0.29) is 44.2 Å². The van der Waals surface area contributed by atoms with Crippen LogP contribution < -0.4 is 4.89 Å². The van der Waals surface area contributed by atoms with Crippen LogP contribution in [0.3, 0.4) is 0 Å². The van der Waals surface area contributed by atoms with Crippen molar-refractivity contribution in [1.82, 2.24) is 0 Å². The molecule has 1 aliphatic carbocycles. The molecule has 2 N–H and O–H groups in total. The number of phosphoric acid groups is 1. The Hall–Kier alpha value is -2.96. The van der Waals surface area contributed by atoms with E-state index >= 15 is 0 Å². The van der Waals surface area contributed by atoms with Gasteiger partial charge < -0.3 is 38.1 Å². The molecule has 0 bridgehead atoms. The Balaban J connectivity index is 2.50. The van der Waals surface area contributed by atoms with Crippen molar-refractivity contribution >= 4 is 25.5 Å². The summed E-state index contributed by atoms with van der Waals surface area (Å²) in [5.41, 5.74) is 0. The molecule has 13 heteroatoms. The zero-order valence-corrected chi connectivity index (χ0v) is 40.4. The Labute approximate surface area is 380 Å². The van der Waals surface area contributed by atoms with Crippen molar-refractivity contribution in [3.63, 3.8) is 0 Å². The van der Waals surface area contributed by atoms with Gasteiger partial charge >= 0.3 is 11.9 Å². The number of rotatable bonds is 38. The molecule has 12 nitrogen and oxygen atoms in total. The van der Waals surface area contributed by atoms with Gasteiger partial charge in [0, 0.05) is 31.1 Å². The average Bonchev–Trinajstić information content (AvgIpc) is 3.50. The van der Waals surface area contributed by atoms with Crippen LogP contribution >= 0.6 is 7.82 Å². The van der Waals surface area contributed by atoms with Crippen LogP contribution in [-0.4, -0.2) is 98.2 Å². The fourth-order valence-corrected chi connectivity index (χ4v) is 7.46. The number of Topliss-reactive ketones (excluding diaryl/α,β-unsaturated/α-hetero) is 1. The first-order valence-corrected chi connectivity index (χ1v) is 25.2. The molecule has 360 valence electrons. The van der Waals surface area contributed by atoms with Crippen molar-refractivity contribution in [1.29, 1.82) is 0 Å². The highest BCUT2D eigenvalue weighted by Gasteiger charge is 2.39. The SMILES string of the molecule is CCCCC/C=C\C/C=C\C/C=C\C/C=C\CCCCCC(=O)OC[C@H](COP(=O)([O-])OCC[N+](C)(C)C)OC(=O)CCC/C=C\C[C@H]1[C@@H](O)CC(=O)[C@@H]1/C=C/[C@@H](O)CCCCC. The molecule has 0 radical (unpaired) electrons. The number of esters is 2. The summed E-state index contributed by atoms with van der Waals surface area (Å²) in [7, 11) is 0.972. The van der Waals surface area contributed by atoms with Crippen LogP contribution in [0, 0.1) is 11.8 Å². The van der Waals surface area contributed by atoms with Gasteiger partial charge in [0.1, 0.15) is 25.5 Å². The maximum absolute atomic E-state index is 12.8. The molecule has 0 aromatic rings. The topological polar surface area (TPSA) is 169 Å². The molecular formula is C50H84NO11P. The summed E-state index contributed by atoms with van der Waals surface area (Å²) in [6.45, 7) is 3.73. The second-order valence-corrected chi connectivity index (χ2v) is 19.0. The number of hydrogen-bond acceptors (Lipinski definition) is 11. The summed E-state index contributed by atoms with van der Waals surface area (Å²) in [5, 5.41) is 20.8. The lowest BCUT2D eigenvalue weighted by atomic mass is 9.90. The molecule has 0 aliphatic heterocycles. The van der Waals surface area contributed by atoms with Gasteiger partial charge in [0.15, 0.2) is 6.10 Å². The van der Waals surface area contributed by atoms with Gasteiger partial charge in [0.05, 0.1) is 40.0 Å². The zero-order chi connectivity index (χ0) is 46.6. The van der Waals surface area contributed by atoms with Gasteiger partial charge in [-0.25, -0.2) is 0 Å². The third kappa shape index (κ3) is 33.2. The maximum atomic E-state index is 12.8. The number of carbonyl (C=O) groups is 3. The van der Waals surface area contributed by atoms with E-state index in [0.717, 1.165) is 57.8 Å². The summed E-state index contributed by atoms with van der Waals surface area (Å²) in [6, 6.07) is 0. The standard InChI is InChI=1S/C50H84NO11P/c1-6-8-10-11-12-13-14-15-16-17-18-19-20-21-22-23-24-25-30-34-49(55)59-41-44(42-61-63(57,58)60-39-38-51(3,4)5)62-50(56)35-31-27-26-29-33-45-46(48(54)40-47(45)53)37-36-43(52)32-28-9-7-2/h12-13,15-16,18-19,21-22,26,29,36-37,43-47,52-53H,6-11,14,17,20,23-25,27-28,30-35,38-42H2,1-5H3/b13-12-,16-15-,19-18-,22-21-,29-26-,37-36+/t43-,44+,45+,46+,47-/m0/s1. The van der Waals surface area contributed by atoms with E-state index in [9.17, 15) is 34.1 Å². The first kappa shape index (κ1) is 58.1. The molecule has 1 rings (SSSR count). The Bertz CT molecular complexity index is 1460. The molecule has 6 atom stereocenters. The van der Waals surface area contributed by atoms with Crippen molar-refractivity contribution in [2.75, 3.05) is 47.5 Å². The third-order valence-electron chi connectivity index (χ3n) is 10.6. The number of aliphatic hydroxyl groups is 2. The van der Waals surface area contributed by atoms with Crippen LogP contribution in [0.15, 0.2) is 72.9 Å². The highest BCUT2D eigenvalue weighted by atomic mass is 31.2. The van der Waals surface area contributed by atoms with Gasteiger partial charge in [-0.3, -0.25) is 18.9 Å². The number of nitrogens with zero attached hydrogens (tertiary/aromatic N) is 1. The maximum Gasteiger partial charge on any atom is 0.306 e. The van der Waals surface area contributed by atoms with Crippen molar-refractivity contribution in [3.05, 3.63) is 72.9 Å². The van der Waals surface area contributed by atoms with Gasteiger partial charge in [-0.1, -0.05) is 125 Å². The summed E-state index contributed by atoms with van der Waals surface area (Å²) in [5.74, 6) is -1.86. The molecule has 1 fully saturated rings. The largest absolute Gasteiger partial charge is 0.756 e. The van der Waals surface area contributed by atoms with Crippen molar-refractivity contribution in [3.8, 4) is 0 Å². The number of ketones is 1. The molecule has 1 unspecified atom stereocenters. The van der Waals surface area contributed by atoms with Crippen LogP contribution in [0.1, 0.15) is 149 Å². The summed E-state index contributed by atoms with van der Waals surface area (Å²) in [6.07, 6.45) is 38.7. The summed E-state index contributed by atoms with van der Waals surface area (Å²) in [4.78, 5) is 50.4. The molecule has 0 aromatic heterocycles. The van der Waals surface area contributed by atoms with Crippen LogP contribution in [0.2, 0.25) is 0 Å². The highest BCUT2D eigenvalue weighted by Crippen LogP contribution is 2.38. The smallest absolute Gasteiger partial charge is 0.306 e. The van der Waals surface area contributed by atoms with Gasteiger partial charge in [0.25, 0.3) is 7.82 Å². The predicted molar refractivity (Wildman–Crippen MR) is 250 cm³/mol. The molecule has 1 saturated carbocycles. The second-order valence-electron chi connectivity index (χ2n) is 17.5. The minimum Gasteiger partial charge on any atom is -0.756 e. The Morgan fingerprint density at radius 1 is 0.762 bits per heavy atom. The summed E-state index contributed by atoms with van der Waals surface area (Å²) >= 11 is 0. The minimum absolute atomic E-state index is 0.0229. The Kier molecular flexibility index (Phi) is 33.4. The molecule has 0 aromatic carbocycles. The molecule has 0 saturated heterocycles. The second kappa shape index (κ2) is 36.3. The van der Waals surface area contributed by atoms with Crippen molar-refractivity contribution < 1.29 is 57.1 Å². The Morgan fingerprint density at radius 3 is 1.97 bits per heavy atom. The molecular weight excluding hydrogens is 822 g/mol. The van der Waals surface area contributed by atoms with E-state index in [1.165, 1.54) is 25.7 Å². The zero-order valence-electron chi connectivity index (χ0n) is 39.5. The lowest BCUT2D eigenvalue weighted by Gasteiger charge is -2.28. The number of quaternary nitrogens is 1. The van der Waals surface area contributed by atoms with Gasteiger partial charge in [-0.15, -0.1) is 0 Å². The average molecular weight is 906 g/mol. The number of ether oxygens (including phenoxy) is 2. The Morgan fingerprint density at radius 2 is 1.33 bits per heavy atom. The fraction of sp³-hybridized carbons (Fsp3) is 0.700. The number of unbranched alkanes of at least 4 members (excludes halogenated alkanes) is 9.